The molecule has 124 valence electrons. The van der Waals surface area contributed by atoms with E-state index in [0.717, 1.165) is 24.4 Å². The molecular formula is C17H29N3O2. The number of aliphatic hydroxyl groups is 1. The summed E-state index contributed by atoms with van der Waals surface area (Å²) in [6, 6.07) is 1.97. The molecule has 1 aromatic rings. The lowest BCUT2D eigenvalue weighted by molar-refractivity contribution is -0.121. The Morgan fingerprint density at radius 3 is 2.55 bits per heavy atom. The van der Waals surface area contributed by atoms with Crippen LogP contribution in [0.25, 0.3) is 0 Å². The molecule has 1 heterocycles. The van der Waals surface area contributed by atoms with Gasteiger partial charge in [0, 0.05) is 19.0 Å². The van der Waals surface area contributed by atoms with Gasteiger partial charge in [0.05, 0.1) is 17.7 Å². The number of rotatable bonds is 8. The zero-order valence-corrected chi connectivity index (χ0v) is 14.1. The van der Waals surface area contributed by atoms with Crippen molar-refractivity contribution in [3.05, 3.63) is 11.8 Å². The largest absolute Gasteiger partial charge is 0.389 e. The van der Waals surface area contributed by atoms with Crippen molar-refractivity contribution in [2.75, 3.05) is 5.32 Å². The van der Waals surface area contributed by atoms with Gasteiger partial charge in [0.15, 0.2) is 0 Å². The van der Waals surface area contributed by atoms with Crippen LogP contribution in [0.15, 0.2) is 6.07 Å². The van der Waals surface area contributed by atoms with Gasteiger partial charge in [0.2, 0.25) is 5.91 Å². The zero-order chi connectivity index (χ0) is 16.2. The van der Waals surface area contributed by atoms with Crippen LogP contribution >= 0.6 is 0 Å². The molecule has 1 aliphatic rings. The van der Waals surface area contributed by atoms with E-state index in [9.17, 15) is 9.90 Å². The average Bonchev–Trinajstić information content (AvgIpc) is 2.67. The zero-order valence-electron chi connectivity index (χ0n) is 14.1. The van der Waals surface area contributed by atoms with Gasteiger partial charge < -0.3 is 10.4 Å². The monoisotopic (exact) mass is 307 g/mol. The van der Waals surface area contributed by atoms with Crippen molar-refractivity contribution in [3.63, 3.8) is 0 Å². The van der Waals surface area contributed by atoms with Gasteiger partial charge in [-0.1, -0.05) is 33.1 Å². The standard InChI is InChI=1S/C17H29N3O2/c1-4-9-17(22,10-5-2)12-16(21)18-15-11-14(19-20(15)3)13-7-6-8-13/h11,13,22H,4-10,12H2,1-3H3,(H,18,21). The minimum Gasteiger partial charge on any atom is -0.389 e. The molecule has 0 atom stereocenters. The Morgan fingerprint density at radius 1 is 1.41 bits per heavy atom. The molecular weight excluding hydrogens is 278 g/mol. The van der Waals surface area contributed by atoms with Gasteiger partial charge in [-0.15, -0.1) is 0 Å². The Labute approximate surface area is 133 Å². The van der Waals surface area contributed by atoms with E-state index in [2.05, 4.69) is 10.4 Å². The Morgan fingerprint density at radius 2 is 2.05 bits per heavy atom. The number of aryl methyl sites for hydroxylation is 1. The van der Waals surface area contributed by atoms with Crippen molar-refractivity contribution < 1.29 is 9.90 Å². The second kappa shape index (κ2) is 7.27. The predicted octanol–water partition coefficient (Wildman–Crippen LogP) is 3.35. The summed E-state index contributed by atoms with van der Waals surface area (Å²) < 4.78 is 1.73. The van der Waals surface area contributed by atoms with Crippen LogP contribution in [0, 0.1) is 0 Å². The van der Waals surface area contributed by atoms with E-state index in [1.54, 1.807) is 4.68 Å². The molecule has 0 aromatic carbocycles. The molecule has 0 unspecified atom stereocenters. The molecule has 1 aromatic heterocycles. The second-order valence-electron chi connectivity index (χ2n) is 6.66. The highest BCUT2D eigenvalue weighted by molar-refractivity contribution is 5.90. The highest BCUT2D eigenvalue weighted by atomic mass is 16.3. The van der Waals surface area contributed by atoms with Crippen LogP contribution < -0.4 is 5.32 Å². The number of hydrogen-bond acceptors (Lipinski definition) is 3. The molecule has 5 heteroatoms. The van der Waals surface area contributed by atoms with Gasteiger partial charge in [-0.05, 0) is 25.7 Å². The van der Waals surface area contributed by atoms with E-state index >= 15 is 0 Å². The lowest BCUT2D eigenvalue weighted by Crippen LogP contribution is -2.34. The van der Waals surface area contributed by atoms with Crippen molar-refractivity contribution in [3.8, 4) is 0 Å². The van der Waals surface area contributed by atoms with Crippen LogP contribution in [0.3, 0.4) is 0 Å². The van der Waals surface area contributed by atoms with Crippen LogP contribution in [-0.2, 0) is 11.8 Å². The minimum atomic E-state index is -0.886. The van der Waals surface area contributed by atoms with Gasteiger partial charge in [0.25, 0.3) is 0 Å². The highest BCUT2D eigenvalue weighted by Crippen LogP contribution is 2.36. The van der Waals surface area contributed by atoms with E-state index in [0.29, 0.717) is 18.8 Å². The average molecular weight is 307 g/mol. The predicted molar refractivity (Wildman–Crippen MR) is 87.8 cm³/mol. The fourth-order valence-electron chi connectivity index (χ4n) is 3.23. The summed E-state index contributed by atoms with van der Waals surface area (Å²) in [6.07, 6.45) is 6.87. The number of carbonyl (C=O) groups excluding carboxylic acids is 1. The molecule has 2 N–H and O–H groups in total. The summed E-state index contributed by atoms with van der Waals surface area (Å²) >= 11 is 0. The maximum absolute atomic E-state index is 12.3. The third kappa shape index (κ3) is 4.09. The molecule has 1 saturated carbocycles. The van der Waals surface area contributed by atoms with Crippen molar-refractivity contribution in [2.24, 2.45) is 7.05 Å². The van der Waals surface area contributed by atoms with Gasteiger partial charge in [-0.3, -0.25) is 9.48 Å². The summed E-state index contributed by atoms with van der Waals surface area (Å²) in [5, 5.41) is 18.0. The highest BCUT2D eigenvalue weighted by Gasteiger charge is 2.29. The topological polar surface area (TPSA) is 67.2 Å². The first-order chi connectivity index (χ1) is 10.5. The third-order valence-electron chi connectivity index (χ3n) is 4.61. The molecule has 0 radical (unpaired) electrons. The van der Waals surface area contributed by atoms with Crippen molar-refractivity contribution in [1.82, 2.24) is 9.78 Å². The Balaban J connectivity index is 1.97. The molecule has 2 rings (SSSR count). The number of hydrogen-bond donors (Lipinski definition) is 2. The van der Waals surface area contributed by atoms with Gasteiger partial charge >= 0.3 is 0 Å². The molecule has 22 heavy (non-hydrogen) atoms. The van der Waals surface area contributed by atoms with E-state index in [4.69, 9.17) is 0 Å². The number of anilines is 1. The molecule has 1 aliphatic carbocycles. The number of amides is 1. The first-order valence-corrected chi connectivity index (χ1v) is 8.53. The second-order valence-corrected chi connectivity index (χ2v) is 6.66. The lowest BCUT2D eigenvalue weighted by Gasteiger charge is -2.26. The SMILES string of the molecule is CCCC(O)(CCC)CC(=O)Nc1cc(C2CCC2)nn1C. The molecule has 0 saturated heterocycles. The molecule has 0 spiro atoms. The Hall–Kier alpha value is -1.36. The quantitative estimate of drug-likeness (QED) is 0.774. The van der Waals surface area contributed by atoms with E-state index in [-0.39, 0.29) is 12.3 Å². The van der Waals surface area contributed by atoms with Gasteiger partial charge in [-0.25, -0.2) is 0 Å². The van der Waals surface area contributed by atoms with Gasteiger partial charge in [0.1, 0.15) is 5.82 Å². The first-order valence-electron chi connectivity index (χ1n) is 8.53. The van der Waals surface area contributed by atoms with E-state index in [1.165, 1.54) is 19.3 Å². The molecule has 1 fully saturated rings. The smallest absolute Gasteiger partial charge is 0.228 e. The number of nitrogens with one attached hydrogen (secondary N) is 1. The van der Waals surface area contributed by atoms with Gasteiger partial charge in [-0.2, -0.15) is 5.10 Å². The lowest BCUT2D eigenvalue weighted by atomic mass is 9.83. The Kier molecular flexibility index (Phi) is 5.62. The summed E-state index contributed by atoms with van der Waals surface area (Å²) in [6.45, 7) is 4.06. The fraction of sp³-hybridized carbons (Fsp3) is 0.765. The van der Waals surface area contributed by atoms with Crippen molar-refractivity contribution >= 4 is 11.7 Å². The first kappa shape index (κ1) is 17.0. The minimum absolute atomic E-state index is 0.132. The fourth-order valence-corrected chi connectivity index (χ4v) is 3.23. The molecule has 0 aliphatic heterocycles. The van der Waals surface area contributed by atoms with Crippen LogP contribution in [0.4, 0.5) is 5.82 Å². The van der Waals surface area contributed by atoms with Crippen LogP contribution in [-0.4, -0.2) is 26.4 Å². The van der Waals surface area contributed by atoms with Crippen LogP contribution in [0.1, 0.15) is 76.8 Å². The normalized spacial score (nSPS) is 15.6. The molecule has 1 amide bonds. The maximum Gasteiger partial charge on any atom is 0.228 e. The number of nitrogens with zero attached hydrogens (tertiary/aromatic N) is 2. The van der Waals surface area contributed by atoms with E-state index < -0.39 is 5.60 Å². The molecule has 5 nitrogen and oxygen atoms in total. The summed E-state index contributed by atoms with van der Waals surface area (Å²) in [5.74, 6) is 1.14. The van der Waals surface area contributed by atoms with Crippen LogP contribution in [0.2, 0.25) is 0 Å². The molecule has 0 bridgehead atoms. The Bertz CT molecular complexity index is 500. The van der Waals surface area contributed by atoms with Crippen LogP contribution in [0.5, 0.6) is 0 Å². The van der Waals surface area contributed by atoms with Crippen molar-refractivity contribution in [1.29, 1.82) is 0 Å². The summed E-state index contributed by atoms with van der Waals surface area (Å²) in [5.41, 5.74) is 0.185. The number of carbonyl (C=O) groups is 1. The summed E-state index contributed by atoms with van der Waals surface area (Å²) in [7, 11) is 1.85. The maximum atomic E-state index is 12.3. The third-order valence-corrected chi connectivity index (χ3v) is 4.61. The van der Waals surface area contributed by atoms with Crippen molar-refractivity contribution in [2.45, 2.75) is 76.7 Å². The van der Waals surface area contributed by atoms with E-state index in [1.807, 2.05) is 27.0 Å². The number of aromatic nitrogens is 2. The summed E-state index contributed by atoms with van der Waals surface area (Å²) in [4.78, 5) is 12.3.